The molecule has 1 N–H and O–H groups in total. The number of benzene rings is 2. The van der Waals surface area contributed by atoms with Gasteiger partial charge in [-0.05, 0) is 35.1 Å². The largest absolute Gasteiger partial charge is 0.449 e. The third-order valence-corrected chi connectivity index (χ3v) is 4.54. The molecule has 1 aliphatic rings. The first-order valence-corrected chi connectivity index (χ1v) is 9.06. The van der Waals surface area contributed by atoms with Crippen molar-refractivity contribution in [2.45, 2.75) is 18.8 Å². The lowest BCUT2D eigenvalue weighted by Crippen LogP contribution is -2.29. The van der Waals surface area contributed by atoms with Gasteiger partial charge in [0.25, 0.3) is 0 Å². The highest BCUT2D eigenvalue weighted by Crippen LogP contribution is 2.44. The van der Waals surface area contributed by atoms with E-state index >= 15 is 0 Å². The minimum atomic E-state index is -0.435. The van der Waals surface area contributed by atoms with Crippen LogP contribution < -0.4 is 5.32 Å². The Morgan fingerprint density at radius 2 is 1.58 bits per heavy atom. The third kappa shape index (κ3) is 4.42. The highest BCUT2D eigenvalue weighted by Gasteiger charge is 2.28. The fraction of sp³-hybridized carbons (Fsp3) is 0.381. The molecule has 0 saturated heterocycles. The number of hydrogen-bond acceptors (Lipinski definition) is 3. The summed E-state index contributed by atoms with van der Waals surface area (Å²) in [6.07, 6.45) is 0.948. The van der Waals surface area contributed by atoms with E-state index in [2.05, 4.69) is 29.6 Å². The highest BCUT2D eigenvalue weighted by molar-refractivity contribution is 5.79. The van der Waals surface area contributed by atoms with E-state index in [4.69, 9.17) is 9.47 Å². The number of alkyl carbamates (subject to hydrolysis) is 1. The lowest BCUT2D eigenvalue weighted by atomic mass is 9.98. The number of hydrogen-bond donors (Lipinski definition) is 1. The van der Waals surface area contributed by atoms with Gasteiger partial charge in [-0.15, -0.1) is 0 Å². The standard InChI is InChI=1S/C21H24NO4/c23-12-5-6-13-25-14-11-22-21(24)26-15-20-18-9-3-1-7-16(18)17-8-2-4-10-19(17)20/h1-4,7-10,20H,5-6,11-15H2,(H,22,24). The van der Waals surface area contributed by atoms with Crippen LogP contribution in [0.2, 0.25) is 0 Å². The number of carbonyl (C=O) groups excluding carboxylic acids is 1. The predicted molar refractivity (Wildman–Crippen MR) is 98.7 cm³/mol. The van der Waals surface area contributed by atoms with Crippen molar-refractivity contribution in [3.8, 4) is 11.1 Å². The molecular formula is C21H24NO4. The van der Waals surface area contributed by atoms with Gasteiger partial charge in [-0.1, -0.05) is 48.5 Å². The second kappa shape index (κ2) is 9.36. The average molecular weight is 354 g/mol. The molecule has 1 radical (unpaired) electrons. The van der Waals surface area contributed by atoms with Crippen LogP contribution in [0.25, 0.3) is 11.1 Å². The zero-order valence-electron chi connectivity index (χ0n) is 14.8. The maximum Gasteiger partial charge on any atom is 0.407 e. The minimum Gasteiger partial charge on any atom is -0.449 e. The van der Waals surface area contributed by atoms with E-state index in [0.29, 0.717) is 32.8 Å². The van der Waals surface area contributed by atoms with E-state index in [1.54, 1.807) is 0 Å². The number of rotatable bonds is 9. The molecule has 0 aliphatic heterocycles. The van der Waals surface area contributed by atoms with Crippen molar-refractivity contribution in [3.63, 3.8) is 0 Å². The van der Waals surface area contributed by atoms with Crippen LogP contribution in [0.15, 0.2) is 48.5 Å². The van der Waals surface area contributed by atoms with Gasteiger partial charge in [0.05, 0.1) is 13.2 Å². The molecule has 0 unspecified atom stereocenters. The van der Waals surface area contributed by atoms with Crippen LogP contribution in [0.5, 0.6) is 0 Å². The molecule has 0 fully saturated rings. The molecule has 0 spiro atoms. The number of amides is 1. The van der Waals surface area contributed by atoms with E-state index in [0.717, 1.165) is 6.42 Å². The van der Waals surface area contributed by atoms with Gasteiger partial charge in [-0.3, -0.25) is 0 Å². The summed E-state index contributed by atoms with van der Waals surface area (Å²) in [5.41, 5.74) is 4.82. The van der Waals surface area contributed by atoms with Crippen LogP contribution in [0.3, 0.4) is 0 Å². The molecule has 0 heterocycles. The summed E-state index contributed by atoms with van der Waals surface area (Å²) in [5.74, 6) is 0.0662. The average Bonchev–Trinajstić information content (AvgIpc) is 3.00. The Labute approximate surface area is 153 Å². The highest BCUT2D eigenvalue weighted by atomic mass is 16.5. The van der Waals surface area contributed by atoms with Gasteiger partial charge in [0.15, 0.2) is 0 Å². The van der Waals surface area contributed by atoms with Crippen molar-refractivity contribution in [1.82, 2.24) is 5.32 Å². The molecule has 5 heteroatoms. The number of nitrogens with one attached hydrogen (secondary N) is 1. The van der Waals surface area contributed by atoms with E-state index in [1.165, 1.54) is 22.3 Å². The monoisotopic (exact) mass is 354 g/mol. The Balaban J connectivity index is 1.47. The molecule has 0 aromatic heterocycles. The van der Waals surface area contributed by atoms with Crippen LogP contribution in [0, 0.1) is 0 Å². The summed E-state index contributed by atoms with van der Waals surface area (Å²) in [4.78, 5) is 11.9. The fourth-order valence-electron chi connectivity index (χ4n) is 3.28. The minimum absolute atomic E-state index is 0.0662. The van der Waals surface area contributed by atoms with Crippen LogP contribution in [0.4, 0.5) is 4.79 Å². The second-order valence-corrected chi connectivity index (χ2v) is 6.28. The molecule has 0 bridgehead atoms. The summed E-state index contributed by atoms with van der Waals surface area (Å²) >= 11 is 0. The van der Waals surface area contributed by atoms with Gasteiger partial charge in [0.1, 0.15) is 6.61 Å². The van der Waals surface area contributed by atoms with Gasteiger partial charge < -0.3 is 14.8 Å². The molecule has 1 aliphatic carbocycles. The third-order valence-electron chi connectivity index (χ3n) is 4.54. The molecule has 2 aromatic rings. The first kappa shape index (κ1) is 18.4. The lowest BCUT2D eigenvalue weighted by Gasteiger charge is -2.14. The predicted octanol–water partition coefficient (Wildman–Crippen LogP) is 3.75. The number of carbonyl (C=O) groups is 1. The van der Waals surface area contributed by atoms with E-state index in [-0.39, 0.29) is 12.5 Å². The quantitative estimate of drug-likeness (QED) is 0.697. The molecule has 1 amide bonds. The first-order valence-electron chi connectivity index (χ1n) is 9.06. The van der Waals surface area contributed by atoms with E-state index in [9.17, 15) is 9.90 Å². The van der Waals surface area contributed by atoms with Gasteiger partial charge >= 0.3 is 6.09 Å². The Kier molecular flexibility index (Phi) is 6.63. The fourth-order valence-corrected chi connectivity index (χ4v) is 3.28. The molecule has 0 saturated carbocycles. The summed E-state index contributed by atoms with van der Waals surface area (Å²) in [7, 11) is 0. The normalized spacial score (nSPS) is 12.5. The molecular weight excluding hydrogens is 330 g/mol. The Hall–Kier alpha value is -2.37. The Morgan fingerprint density at radius 3 is 2.23 bits per heavy atom. The SMILES string of the molecule is [O]CCCCOCCNC(=O)OCC1c2ccccc2-c2ccccc21. The molecule has 2 aromatic carbocycles. The van der Waals surface area contributed by atoms with Crippen molar-refractivity contribution in [3.05, 3.63) is 59.7 Å². The molecule has 0 atom stereocenters. The molecule has 26 heavy (non-hydrogen) atoms. The number of fused-ring (bicyclic) bond motifs is 3. The molecule has 3 rings (SSSR count). The van der Waals surface area contributed by atoms with Crippen LogP contribution in [0.1, 0.15) is 29.9 Å². The second-order valence-electron chi connectivity index (χ2n) is 6.28. The maximum atomic E-state index is 11.9. The topological polar surface area (TPSA) is 67.5 Å². The van der Waals surface area contributed by atoms with Crippen molar-refractivity contribution in [2.75, 3.05) is 33.0 Å². The smallest absolute Gasteiger partial charge is 0.407 e. The Bertz CT molecular complexity index is 686. The van der Waals surface area contributed by atoms with Crippen molar-refractivity contribution < 1.29 is 19.4 Å². The molecule has 5 nitrogen and oxygen atoms in total. The summed E-state index contributed by atoms with van der Waals surface area (Å²) in [6, 6.07) is 16.5. The first-order chi connectivity index (χ1) is 12.8. The number of ether oxygens (including phenoxy) is 2. The van der Waals surface area contributed by atoms with Crippen molar-refractivity contribution in [2.24, 2.45) is 0 Å². The van der Waals surface area contributed by atoms with Gasteiger partial charge in [-0.25, -0.2) is 9.90 Å². The summed E-state index contributed by atoms with van der Waals surface area (Å²) < 4.78 is 10.8. The Morgan fingerprint density at radius 1 is 0.923 bits per heavy atom. The van der Waals surface area contributed by atoms with Gasteiger partial charge in [0.2, 0.25) is 0 Å². The van der Waals surface area contributed by atoms with Gasteiger partial charge in [-0.2, -0.15) is 0 Å². The van der Waals surface area contributed by atoms with Crippen molar-refractivity contribution >= 4 is 6.09 Å². The van der Waals surface area contributed by atoms with Crippen LogP contribution in [-0.2, 0) is 14.6 Å². The summed E-state index contributed by atoms with van der Waals surface area (Å²) in [6.45, 7) is 1.61. The number of unbranched alkanes of at least 4 members (excludes halogenated alkanes) is 1. The zero-order valence-corrected chi connectivity index (χ0v) is 14.8. The maximum absolute atomic E-state index is 11.9. The summed E-state index contributed by atoms with van der Waals surface area (Å²) in [5, 5.41) is 13.0. The van der Waals surface area contributed by atoms with E-state index < -0.39 is 6.09 Å². The van der Waals surface area contributed by atoms with Crippen LogP contribution >= 0.6 is 0 Å². The van der Waals surface area contributed by atoms with E-state index in [1.807, 2.05) is 24.3 Å². The lowest BCUT2D eigenvalue weighted by molar-refractivity contribution is 0.111. The van der Waals surface area contributed by atoms with Gasteiger partial charge in [0, 0.05) is 19.1 Å². The van der Waals surface area contributed by atoms with Crippen LogP contribution in [-0.4, -0.2) is 39.1 Å². The molecule has 137 valence electrons. The zero-order chi connectivity index (χ0) is 18.2. The van der Waals surface area contributed by atoms with Crippen molar-refractivity contribution in [1.29, 1.82) is 0 Å².